The molecule has 1 aliphatic rings. The van der Waals surface area contributed by atoms with Gasteiger partial charge in [-0.3, -0.25) is 0 Å². The summed E-state index contributed by atoms with van der Waals surface area (Å²) in [7, 11) is -3.02. The van der Waals surface area contributed by atoms with E-state index in [2.05, 4.69) is 86.4 Å². The van der Waals surface area contributed by atoms with Crippen molar-refractivity contribution in [2.45, 2.75) is 116 Å². The van der Waals surface area contributed by atoms with E-state index in [1.54, 1.807) is 6.08 Å². The molecule has 1 fully saturated rings. The number of methoxy groups -OCH3 is 1. The van der Waals surface area contributed by atoms with Gasteiger partial charge in [-0.05, 0) is 59.4 Å². The first-order valence-electron chi connectivity index (χ1n) is 14.5. The third kappa shape index (κ3) is 9.49. The average Bonchev–Trinajstić information content (AvgIpc) is 2.84. The van der Waals surface area contributed by atoms with Crippen LogP contribution in [0.4, 0.5) is 0 Å². The standard InChI is InChI=1S/C32H54O6Si2/c1-24-26(22-28(33)34-8)21-27(37-39(9,10)31(2,3)4)30(29(24)38-40(11,12)32(5,6)7)36-20-16-19-35-23-25-17-14-13-15-18-25/h13-15,17-18,22,27,29-30H,1,16,19-21,23H2,2-12H3/t27-,29-,30-/m1/s1. The zero-order valence-corrected chi connectivity index (χ0v) is 28.9. The van der Waals surface area contributed by atoms with Crippen LogP contribution in [0, 0.1) is 0 Å². The summed E-state index contributed by atoms with van der Waals surface area (Å²) in [6.45, 7) is 28.4. The minimum absolute atomic E-state index is 0.0113. The predicted octanol–water partition coefficient (Wildman–Crippen LogP) is 7.82. The van der Waals surface area contributed by atoms with Crippen molar-refractivity contribution in [3.05, 3.63) is 59.7 Å². The minimum Gasteiger partial charge on any atom is -0.466 e. The molecule has 0 aromatic heterocycles. The predicted molar refractivity (Wildman–Crippen MR) is 168 cm³/mol. The molecule has 1 saturated carbocycles. The van der Waals surface area contributed by atoms with Crippen molar-refractivity contribution in [3.8, 4) is 0 Å². The van der Waals surface area contributed by atoms with E-state index >= 15 is 0 Å². The van der Waals surface area contributed by atoms with Gasteiger partial charge >= 0.3 is 5.97 Å². The van der Waals surface area contributed by atoms with E-state index < -0.39 is 28.7 Å². The van der Waals surface area contributed by atoms with Gasteiger partial charge in [-0.15, -0.1) is 0 Å². The Morgan fingerprint density at radius 2 is 1.52 bits per heavy atom. The highest BCUT2D eigenvalue weighted by molar-refractivity contribution is 6.74. The van der Waals surface area contributed by atoms with Gasteiger partial charge in [0.25, 0.3) is 0 Å². The maximum Gasteiger partial charge on any atom is 0.330 e. The first-order chi connectivity index (χ1) is 18.4. The van der Waals surface area contributed by atoms with Crippen molar-refractivity contribution in [1.82, 2.24) is 0 Å². The number of benzene rings is 1. The molecule has 6 nitrogen and oxygen atoms in total. The topological polar surface area (TPSA) is 63.2 Å². The molecular weight excluding hydrogens is 537 g/mol. The molecule has 2 rings (SSSR count). The fourth-order valence-corrected chi connectivity index (χ4v) is 6.62. The number of hydrogen-bond donors (Lipinski definition) is 0. The molecule has 0 radical (unpaired) electrons. The highest BCUT2D eigenvalue weighted by Crippen LogP contribution is 2.45. The second kappa shape index (κ2) is 14.1. The van der Waals surface area contributed by atoms with E-state index in [1.165, 1.54) is 7.11 Å². The molecule has 0 spiro atoms. The summed E-state index contributed by atoms with van der Waals surface area (Å²) in [5, 5.41) is 0.00185. The van der Waals surface area contributed by atoms with Crippen molar-refractivity contribution in [1.29, 1.82) is 0 Å². The quantitative estimate of drug-likeness (QED) is 0.107. The Morgan fingerprint density at radius 1 is 0.950 bits per heavy atom. The zero-order valence-electron chi connectivity index (χ0n) is 26.9. The van der Waals surface area contributed by atoms with Gasteiger partial charge in [0.2, 0.25) is 0 Å². The SMILES string of the molecule is C=C1C(=CC(=O)OC)C[C@@H](O[Si](C)(C)C(C)(C)C)[C@@H](OCCCOCc2ccccc2)[C@@H]1O[Si](C)(C)C(C)(C)C. The second-order valence-electron chi connectivity index (χ2n) is 13.9. The van der Waals surface area contributed by atoms with Gasteiger partial charge < -0.3 is 23.1 Å². The van der Waals surface area contributed by atoms with Crippen LogP contribution in [0.25, 0.3) is 0 Å². The molecule has 0 N–H and O–H groups in total. The second-order valence-corrected chi connectivity index (χ2v) is 23.4. The van der Waals surface area contributed by atoms with Crippen LogP contribution in [0.1, 0.15) is 59.9 Å². The zero-order chi connectivity index (χ0) is 30.4. The first kappa shape index (κ1) is 34.6. The summed E-state index contributed by atoms with van der Waals surface area (Å²) in [4.78, 5) is 12.3. The number of carbonyl (C=O) groups excluding carboxylic acids is 1. The van der Waals surface area contributed by atoms with Crippen LogP contribution in [0.3, 0.4) is 0 Å². The Hall–Kier alpha value is -1.56. The number of hydrogen-bond acceptors (Lipinski definition) is 6. The molecule has 40 heavy (non-hydrogen) atoms. The summed E-state index contributed by atoms with van der Waals surface area (Å²) >= 11 is 0. The van der Waals surface area contributed by atoms with Crippen LogP contribution in [-0.2, 0) is 34.5 Å². The Balaban J connectivity index is 2.33. The van der Waals surface area contributed by atoms with Gasteiger partial charge in [0, 0.05) is 25.7 Å². The van der Waals surface area contributed by atoms with Crippen LogP contribution in [0.15, 0.2) is 54.1 Å². The molecule has 0 saturated heterocycles. The lowest BCUT2D eigenvalue weighted by molar-refractivity contribution is -0.135. The molecule has 0 aliphatic heterocycles. The Kier molecular flexibility index (Phi) is 12.2. The van der Waals surface area contributed by atoms with Gasteiger partial charge in [-0.1, -0.05) is 78.5 Å². The molecule has 8 heteroatoms. The maximum atomic E-state index is 12.3. The smallest absolute Gasteiger partial charge is 0.330 e. The fraction of sp³-hybridized carbons (Fsp3) is 0.656. The van der Waals surface area contributed by atoms with Gasteiger partial charge in [0.1, 0.15) is 6.10 Å². The van der Waals surface area contributed by atoms with E-state index in [0.717, 1.165) is 23.1 Å². The fourth-order valence-electron chi connectivity index (χ4n) is 4.03. The molecule has 1 aromatic carbocycles. The number of esters is 1. The Bertz CT molecular complexity index is 1000. The Labute approximate surface area is 245 Å². The van der Waals surface area contributed by atoms with E-state index in [4.69, 9.17) is 23.1 Å². The normalized spacial score (nSPS) is 22.0. The first-order valence-corrected chi connectivity index (χ1v) is 20.3. The van der Waals surface area contributed by atoms with Crippen LogP contribution in [0.2, 0.25) is 36.3 Å². The lowest BCUT2D eigenvalue weighted by Crippen LogP contribution is -2.57. The summed E-state index contributed by atoms with van der Waals surface area (Å²) in [5.74, 6) is -0.400. The molecule has 0 bridgehead atoms. The molecule has 0 unspecified atom stereocenters. The van der Waals surface area contributed by atoms with E-state index in [1.807, 2.05) is 18.2 Å². The highest BCUT2D eigenvalue weighted by Gasteiger charge is 2.49. The number of ether oxygens (including phenoxy) is 3. The third-order valence-electron chi connectivity index (χ3n) is 8.67. The van der Waals surface area contributed by atoms with Gasteiger partial charge in [-0.25, -0.2) is 4.79 Å². The van der Waals surface area contributed by atoms with Gasteiger partial charge in [0.15, 0.2) is 16.6 Å². The lowest BCUT2D eigenvalue weighted by Gasteiger charge is -2.49. The maximum absolute atomic E-state index is 12.3. The van der Waals surface area contributed by atoms with Crippen molar-refractivity contribution in [2.75, 3.05) is 20.3 Å². The summed E-state index contributed by atoms with van der Waals surface area (Å²) in [6, 6.07) is 10.2. The van der Waals surface area contributed by atoms with Crippen LogP contribution in [0.5, 0.6) is 0 Å². The van der Waals surface area contributed by atoms with E-state index in [9.17, 15) is 4.79 Å². The number of carbonyl (C=O) groups is 1. The summed E-state index contributed by atoms with van der Waals surface area (Å²) in [5.41, 5.74) is 2.74. The summed E-state index contributed by atoms with van der Waals surface area (Å²) < 4.78 is 31.5. The van der Waals surface area contributed by atoms with E-state index in [0.29, 0.717) is 26.2 Å². The largest absolute Gasteiger partial charge is 0.466 e. The van der Waals surface area contributed by atoms with Crippen LogP contribution < -0.4 is 0 Å². The van der Waals surface area contributed by atoms with Crippen molar-refractivity contribution in [3.63, 3.8) is 0 Å². The Morgan fingerprint density at radius 3 is 2.08 bits per heavy atom. The monoisotopic (exact) mass is 590 g/mol. The molecule has 1 aromatic rings. The third-order valence-corrected chi connectivity index (χ3v) is 17.6. The molecular formula is C32H54O6Si2. The van der Waals surface area contributed by atoms with Gasteiger partial charge in [0.05, 0.1) is 25.9 Å². The van der Waals surface area contributed by atoms with Crippen LogP contribution in [-0.4, -0.2) is 61.2 Å². The average molecular weight is 591 g/mol. The summed E-state index contributed by atoms with van der Waals surface area (Å²) in [6.07, 6.45) is 1.76. The molecule has 3 atom stereocenters. The van der Waals surface area contributed by atoms with Gasteiger partial charge in [-0.2, -0.15) is 0 Å². The van der Waals surface area contributed by atoms with Crippen molar-refractivity contribution >= 4 is 22.6 Å². The number of rotatable bonds is 12. The van der Waals surface area contributed by atoms with Crippen molar-refractivity contribution in [2.24, 2.45) is 0 Å². The van der Waals surface area contributed by atoms with E-state index in [-0.39, 0.29) is 22.3 Å². The molecule has 0 amide bonds. The minimum atomic E-state index is -2.23. The molecule has 226 valence electrons. The van der Waals surface area contributed by atoms with Crippen LogP contribution >= 0.6 is 0 Å². The molecule has 1 aliphatic carbocycles. The highest BCUT2D eigenvalue weighted by atomic mass is 28.4. The van der Waals surface area contributed by atoms with Crippen molar-refractivity contribution < 1.29 is 27.9 Å². The molecule has 0 heterocycles. The lowest BCUT2D eigenvalue weighted by atomic mass is 9.83.